The van der Waals surface area contributed by atoms with Crippen LogP contribution in [0.1, 0.15) is 5.56 Å². The lowest BCUT2D eigenvalue weighted by Crippen LogP contribution is -2.61. The van der Waals surface area contributed by atoms with Gasteiger partial charge in [0, 0.05) is 6.54 Å². The summed E-state index contributed by atoms with van der Waals surface area (Å²) in [6, 6.07) is 16.7. The number of hydrogen-bond acceptors (Lipinski definition) is 4. The summed E-state index contributed by atoms with van der Waals surface area (Å²) in [7, 11) is 0. The van der Waals surface area contributed by atoms with Crippen LogP contribution in [0.3, 0.4) is 0 Å². The van der Waals surface area contributed by atoms with Crippen LogP contribution in [0.4, 0.5) is 10.5 Å². The van der Waals surface area contributed by atoms with E-state index in [1.165, 1.54) is 4.90 Å². The number of carbonyl (C=O) groups is 2. The van der Waals surface area contributed by atoms with Gasteiger partial charge in [-0.15, -0.1) is 0 Å². The van der Waals surface area contributed by atoms with Gasteiger partial charge < -0.3 is 9.47 Å². The highest BCUT2D eigenvalue weighted by atomic mass is 16.6. The van der Waals surface area contributed by atoms with Crippen LogP contribution in [0, 0.1) is 0 Å². The maximum atomic E-state index is 12.6. The molecule has 2 aromatic carbocycles. The van der Waals surface area contributed by atoms with Gasteiger partial charge in [-0.2, -0.15) is 0 Å². The molecule has 6 nitrogen and oxygen atoms in total. The molecule has 2 amide bonds. The van der Waals surface area contributed by atoms with E-state index in [1.54, 1.807) is 4.90 Å². The summed E-state index contributed by atoms with van der Waals surface area (Å²) in [5.74, 6) is 0.580. The zero-order valence-electron chi connectivity index (χ0n) is 13.6. The van der Waals surface area contributed by atoms with E-state index < -0.39 is 6.09 Å². The molecule has 2 aromatic rings. The van der Waals surface area contributed by atoms with Crippen molar-refractivity contribution in [2.45, 2.75) is 12.6 Å². The summed E-state index contributed by atoms with van der Waals surface area (Å²) in [5, 5.41) is 0. The fourth-order valence-electron chi connectivity index (χ4n) is 3.22. The van der Waals surface area contributed by atoms with Gasteiger partial charge in [0.25, 0.3) is 0 Å². The summed E-state index contributed by atoms with van der Waals surface area (Å²) in [6.45, 7) is 0.968. The Kier molecular flexibility index (Phi) is 4.01. The third kappa shape index (κ3) is 3.03. The molecule has 1 saturated heterocycles. The highest BCUT2D eigenvalue weighted by Gasteiger charge is 2.40. The maximum absolute atomic E-state index is 12.6. The number of piperazine rings is 1. The molecule has 0 bridgehead atoms. The summed E-state index contributed by atoms with van der Waals surface area (Å²) in [5.41, 5.74) is 1.68. The van der Waals surface area contributed by atoms with Gasteiger partial charge in [-0.1, -0.05) is 42.5 Å². The van der Waals surface area contributed by atoms with Crippen molar-refractivity contribution in [1.29, 1.82) is 0 Å². The topological polar surface area (TPSA) is 59.1 Å². The Hall–Kier alpha value is -3.02. The first-order chi connectivity index (χ1) is 12.2. The lowest BCUT2D eigenvalue weighted by atomic mass is 10.1. The van der Waals surface area contributed by atoms with E-state index in [0.717, 1.165) is 11.3 Å². The number of para-hydroxylation sites is 2. The number of fused-ring (bicyclic) bond motifs is 3. The third-order valence-corrected chi connectivity index (χ3v) is 4.41. The molecule has 0 spiro atoms. The first kappa shape index (κ1) is 15.5. The largest absolute Gasteiger partial charge is 0.489 e. The number of amides is 2. The monoisotopic (exact) mass is 338 g/mol. The molecule has 0 saturated carbocycles. The van der Waals surface area contributed by atoms with E-state index in [-0.39, 0.29) is 25.1 Å². The van der Waals surface area contributed by atoms with Gasteiger partial charge in [-0.25, -0.2) is 4.79 Å². The van der Waals surface area contributed by atoms with Crippen LogP contribution in [-0.4, -0.2) is 42.6 Å². The molecule has 1 atom stereocenters. The van der Waals surface area contributed by atoms with Gasteiger partial charge in [0.1, 0.15) is 25.5 Å². The summed E-state index contributed by atoms with van der Waals surface area (Å²) >= 11 is 0. The van der Waals surface area contributed by atoms with Crippen molar-refractivity contribution in [2.24, 2.45) is 0 Å². The Morgan fingerprint density at radius 2 is 1.88 bits per heavy atom. The predicted octanol–water partition coefficient (Wildman–Crippen LogP) is 2.43. The number of anilines is 1. The summed E-state index contributed by atoms with van der Waals surface area (Å²) in [4.78, 5) is 28.1. The Morgan fingerprint density at radius 3 is 2.72 bits per heavy atom. The van der Waals surface area contributed by atoms with Crippen molar-refractivity contribution in [3.05, 3.63) is 60.2 Å². The second-order valence-electron chi connectivity index (χ2n) is 6.12. The Bertz CT molecular complexity index is 793. The lowest BCUT2D eigenvalue weighted by molar-refractivity contribution is -0.122. The lowest BCUT2D eigenvalue weighted by Gasteiger charge is -2.43. The zero-order valence-corrected chi connectivity index (χ0v) is 13.6. The van der Waals surface area contributed by atoms with Crippen LogP contribution in [0.25, 0.3) is 0 Å². The van der Waals surface area contributed by atoms with E-state index >= 15 is 0 Å². The van der Waals surface area contributed by atoms with Crippen LogP contribution in [0.15, 0.2) is 54.6 Å². The second kappa shape index (κ2) is 6.47. The fraction of sp³-hybridized carbons (Fsp3) is 0.263. The minimum absolute atomic E-state index is 0.0124. The number of nitrogens with zero attached hydrogens (tertiary/aromatic N) is 2. The molecule has 0 aromatic heterocycles. The molecule has 2 aliphatic heterocycles. The van der Waals surface area contributed by atoms with E-state index in [4.69, 9.17) is 9.47 Å². The number of benzene rings is 2. The van der Waals surface area contributed by atoms with Crippen molar-refractivity contribution in [2.75, 3.05) is 24.6 Å². The molecular weight excluding hydrogens is 320 g/mol. The Balaban J connectivity index is 1.44. The average molecular weight is 338 g/mol. The van der Waals surface area contributed by atoms with E-state index in [2.05, 4.69) is 0 Å². The molecule has 0 radical (unpaired) electrons. The number of hydrogen-bond donors (Lipinski definition) is 0. The smallest absolute Gasteiger partial charge is 0.410 e. The van der Waals surface area contributed by atoms with Gasteiger partial charge in [0.2, 0.25) is 5.91 Å². The average Bonchev–Trinajstić information content (AvgIpc) is 2.66. The molecule has 1 fully saturated rings. The maximum Gasteiger partial charge on any atom is 0.410 e. The van der Waals surface area contributed by atoms with Crippen LogP contribution < -0.4 is 9.64 Å². The zero-order chi connectivity index (χ0) is 17.2. The number of rotatable bonds is 2. The summed E-state index contributed by atoms with van der Waals surface area (Å²) < 4.78 is 11.1. The van der Waals surface area contributed by atoms with Crippen LogP contribution >= 0.6 is 0 Å². The Morgan fingerprint density at radius 1 is 1.12 bits per heavy atom. The standard InChI is InChI=1S/C19H18N2O4/c22-18-11-20(19(23)25-12-14-6-2-1-3-7-14)10-15-13-24-17-9-5-4-8-16(17)21(15)18/h1-9,15H,10-13H2. The van der Waals surface area contributed by atoms with Crippen molar-refractivity contribution in [1.82, 2.24) is 4.90 Å². The molecule has 1 unspecified atom stereocenters. The summed E-state index contributed by atoms with van der Waals surface area (Å²) in [6.07, 6.45) is -0.476. The molecule has 0 N–H and O–H groups in total. The van der Waals surface area contributed by atoms with E-state index in [1.807, 2.05) is 54.6 Å². The predicted molar refractivity (Wildman–Crippen MR) is 91.4 cm³/mol. The third-order valence-electron chi connectivity index (χ3n) is 4.41. The van der Waals surface area contributed by atoms with Gasteiger partial charge in [0.15, 0.2) is 0 Å². The fourth-order valence-corrected chi connectivity index (χ4v) is 3.22. The van der Waals surface area contributed by atoms with Crippen LogP contribution in [0.5, 0.6) is 5.75 Å². The van der Waals surface area contributed by atoms with E-state index in [0.29, 0.717) is 18.9 Å². The minimum atomic E-state index is -0.476. The van der Waals surface area contributed by atoms with Crippen molar-refractivity contribution >= 4 is 17.7 Å². The molecule has 2 heterocycles. The minimum Gasteiger partial charge on any atom is -0.489 e. The molecular formula is C19H18N2O4. The SMILES string of the molecule is O=C(OCc1ccccc1)N1CC(=O)N2c3ccccc3OCC2C1. The first-order valence-electron chi connectivity index (χ1n) is 8.22. The van der Waals surface area contributed by atoms with Crippen LogP contribution in [-0.2, 0) is 16.1 Å². The second-order valence-corrected chi connectivity index (χ2v) is 6.12. The van der Waals surface area contributed by atoms with Gasteiger partial charge in [-0.05, 0) is 17.7 Å². The normalized spacial score (nSPS) is 18.9. The van der Waals surface area contributed by atoms with Gasteiger partial charge >= 0.3 is 6.09 Å². The molecule has 25 heavy (non-hydrogen) atoms. The molecule has 6 heteroatoms. The van der Waals surface area contributed by atoms with Crippen LogP contribution in [0.2, 0.25) is 0 Å². The van der Waals surface area contributed by atoms with E-state index in [9.17, 15) is 9.59 Å². The van der Waals surface area contributed by atoms with Crippen molar-refractivity contribution < 1.29 is 19.1 Å². The Labute approximate surface area is 145 Å². The number of ether oxygens (including phenoxy) is 2. The quantitative estimate of drug-likeness (QED) is 0.844. The van der Waals surface area contributed by atoms with Crippen molar-refractivity contribution in [3.8, 4) is 5.75 Å². The molecule has 128 valence electrons. The number of carbonyl (C=O) groups excluding carboxylic acids is 2. The van der Waals surface area contributed by atoms with Gasteiger partial charge in [0.05, 0.1) is 11.7 Å². The molecule has 0 aliphatic carbocycles. The van der Waals surface area contributed by atoms with Gasteiger partial charge in [-0.3, -0.25) is 14.6 Å². The van der Waals surface area contributed by atoms with Crippen molar-refractivity contribution in [3.63, 3.8) is 0 Å². The molecule has 2 aliphatic rings. The first-order valence-corrected chi connectivity index (χ1v) is 8.22. The molecule has 4 rings (SSSR count). The highest BCUT2D eigenvalue weighted by Crippen LogP contribution is 2.35. The highest BCUT2D eigenvalue weighted by molar-refractivity contribution is 5.99.